The molecule has 1 N–H and O–H groups in total. The fraction of sp³-hybridized carbons (Fsp3) is 0.222. The first-order valence-electron chi connectivity index (χ1n) is 3.62. The average molecular weight is 309 g/mol. The minimum Gasteiger partial charge on any atom is -0.507 e. The predicted molar refractivity (Wildman–Crippen MR) is 48.2 cm³/mol. The molecule has 0 aliphatic carbocycles. The van der Waals surface area contributed by atoms with Crippen LogP contribution in [0.15, 0.2) is 12.1 Å². The Morgan fingerprint density at radius 2 is 2.20 bits per heavy atom. The van der Waals surface area contributed by atoms with Gasteiger partial charge in [-0.2, -0.15) is 17.7 Å². The van der Waals surface area contributed by atoms with E-state index in [1.165, 1.54) is 6.07 Å². The van der Waals surface area contributed by atoms with E-state index in [0.717, 1.165) is 5.56 Å². The zero-order valence-corrected chi connectivity index (χ0v) is 11.4. The van der Waals surface area contributed by atoms with Crippen LogP contribution >= 0.6 is 11.6 Å². The molecule has 0 heterocycles. The van der Waals surface area contributed by atoms with Gasteiger partial charge in [0, 0.05) is 42.9 Å². The summed E-state index contributed by atoms with van der Waals surface area (Å²) >= 11 is 5.68. The first kappa shape index (κ1) is 17.3. The minimum atomic E-state index is -1.01. The van der Waals surface area contributed by atoms with E-state index >= 15 is 0 Å². The Hall–Kier alpha value is -0.0512. The van der Waals surface area contributed by atoms with Crippen molar-refractivity contribution in [3.8, 4) is 5.75 Å². The van der Waals surface area contributed by atoms with Gasteiger partial charge >= 0.3 is 5.97 Å². The van der Waals surface area contributed by atoms with E-state index in [2.05, 4.69) is 6.07 Å². The number of ether oxygens (including phenoxy) is 1. The standard InChI is InChI=1S/C9H8ClO3.2V/c1-6-4-7(10)2-3-8(6)13-5-9(11)12;;/h2,4H,5H2,1H3,(H,11,12);;/q-1;;/i2+1,3+1,4+1,5+1,6+1,7+1,8+1,9+1;;. The third-order valence-corrected chi connectivity index (χ3v) is 1.61. The van der Waals surface area contributed by atoms with Crippen LogP contribution in [0, 0.1) is 13.0 Å². The monoisotopic (exact) mass is 309 g/mol. The number of benzene rings is 1. The van der Waals surface area contributed by atoms with E-state index in [1.807, 2.05) is 0 Å². The molecule has 0 saturated heterocycles. The van der Waals surface area contributed by atoms with E-state index in [9.17, 15) is 4.79 Å². The van der Waals surface area contributed by atoms with Gasteiger partial charge in [0.25, 0.3) is 0 Å². The molecule has 6 heteroatoms. The van der Waals surface area contributed by atoms with E-state index < -0.39 is 5.97 Å². The van der Waals surface area contributed by atoms with Crippen LogP contribution in [0.5, 0.6) is 5.75 Å². The van der Waals surface area contributed by atoms with Gasteiger partial charge in [-0.05, 0) is 0 Å². The molecule has 0 amide bonds. The molecular weight excluding hydrogens is 301 g/mol. The Labute approximate surface area is 117 Å². The summed E-state index contributed by atoms with van der Waals surface area (Å²) in [5, 5.41) is 8.91. The first-order valence-corrected chi connectivity index (χ1v) is 4.00. The normalized spacial score (nSPS) is 8.40. The summed E-state index contributed by atoms with van der Waals surface area (Å²) < 4.78 is 4.94. The van der Waals surface area contributed by atoms with E-state index in [0.29, 0.717) is 10.8 Å². The number of aliphatic carboxylic acids is 1. The Morgan fingerprint density at radius 3 is 2.67 bits per heavy atom. The number of halogens is 1. The number of hydrogen-bond acceptors (Lipinski definition) is 2. The molecule has 1 aromatic rings. The molecule has 0 spiro atoms. The van der Waals surface area contributed by atoms with Crippen LogP contribution in [0.1, 0.15) is 5.56 Å². The average Bonchev–Trinajstić information content (AvgIpc) is 2.02. The Kier molecular flexibility index (Phi) is 9.42. The summed E-state index contributed by atoms with van der Waals surface area (Å²) in [7, 11) is 0. The van der Waals surface area contributed by atoms with Crippen LogP contribution < -0.4 is 4.74 Å². The SMILES string of the molecule is C[13c]1[13cH][13c](Cl)[13cH][13c-][13c]1O[13CH2][13C](=O)O.[V].[V]. The zero-order chi connectivity index (χ0) is 9.84. The molecule has 1 rings (SSSR count). The number of aryl methyl sites for hydroxylation is 1. The smallest absolute Gasteiger partial charge is 0.341 e. The molecule has 0 aliphatic rings. The second kappa shape index (κ2) is 8.14. The first-order chi connectivity index (χ1) is 6.09. The van der Waals surface area contributed by atoms with Gasteiger partial charge in [-0.1, -0.05) is 11.9 Å². The molecule has 0 aliphatic heterocycles. The summed E-state index contributed by atoms with van der Waals surface area (Å²) in [6.45, 7) is 1.42. The second-order valence-corrected chi connectivity index (χ2v) is 2.95. The van der Waals surface area contributed by atoms with Crippen molar-refractivity contribution in [2.24, 2.45) is 0 Å². The fourth-order valence-corrected chi connectivity index (χ4v) is 1.07. The predicted octanol–water partition coefficient (Wildman–Crippen LogP) is 1.91. The molecule has 15 heavy (non-hydrogen) atoms. The van der Waals surface area contributed by atoms with Crippen LogP contribution in [0.2, 0.25) is 5.02 Å². The molecule has 0 unspecified atom stereocenters. The molecule has 1 aromatic carbocycles. The van der Waals surface area contributed by atoms with Gasteiger partial charge < -0.3 is 9.84 Å². The zero-order valence-electron chi connectivity index (χ0n) is 7.90. The molecule has 0 aromatic heterocycles. The third kappa shape index (κ3) is 6.18. The largest absolute Gasteiger partial charge is 0.507 e. The summed E-state index contributed by atoms with van der Waals surface area (Å²) in [4.78, 5) is 10.2. The van der Waals surface area contributed by atoms with Crippen LogP contribution in [-0.2, 0) is 41.9 Å². The van der Waals surface area contributed by atoms with Crippen molar-refractivity contribution in [3.05, 3.63) is 28.8 Å². The topological polar surface area (TPSA) is 46.5 Å². The van der Waals surface area contributed by atoms with Crippen molar-refractivity contribution in [2.75, 3.05) is 6.61 Å². The van der Waals surface area contributed by atoms with Gasteiger partial charge in [0.05, 0.1) is 0 Å². The van der Waals surface area contributed by atoms with Gasteiger partial charge in [0.15, 0.2) is 6.61 Å². The molecule has 0 saturated carbocycles. The minimum absolute atomic E-state index is 0. The van der Waals surface area contributed by atoms with Crippen LogP contribution in [0.4, 0.5) is 0 Å². The number of carbonyl (C=O) groups is 1. The molecule has 0 atom stereocenters. The molecule has 2 radical (unpaired) electrons. The van der Waals surface area contributed by atoms with Crippen LogP contribution in [-0.4, -0.2) is 17.7 Å². The maximum atomic E-state index is 10.2. The fourth-order valence-electron chi connectivity index (χ4n) is 0.852. The van der Waals surface area contributed by atoms with Gasteiger partial charge in [0.2, 0.25) is 0 Å². The maximum Gasteiger partial charge on any atom is 0.341 e. The van der Waals surface area contributed by atoms with Crippen molar-refractivity contribution in [1.29, 1.82) is 0 Å². The number of carboxylic acids is 1. The van der Waals surface area contributed by atoms with Crippen LogP contribution in [0.3, 0.4) is 0 Å². The van der Waals surface area contributed by atoms with Gasteiger partial charge in [0.1, 0.15) is 0 Å². The summed E-state index contributed by atoms with van der Waals surface area (Å²) in [5.41, 5.74) is 0.772. The number of rotatable bonds is 3. The quantitative estimate of drug-likeness (QED) is 0.685. The van der Waals surface area contributed by atoms with Crippen molar-refractivity contribution < 1.29 is 51.7 Å². The van der Waals surface area contributed by atoms with E-state index in [-0.39, 0.29) is 43.7 Å². The molecule has 0 bridgehead atoms. The Bertz CT molecular complexity index is 331. The Morgan fingerprint density at radius 1 is 1.60 bits per heavy atom. The van der Waals surface area contributed by atoms with E-state index in [1.54, 1.807) is 13.0 Å². The molecule has 80 valence electrons. The Balaban J connectivity index is 0. The number of hydrogen-bond donors (Lipinski definition) is 1. The van der Waals surface area contributed by atoms with Crippen molar-refractivity contribution >= 4 is 17.6 Å². The third-order valence-electron chi connectivity index (χ3n) is 1.39. The van der Waals surface area contributed by atoms with Crippen molar-refractivity contribution in [2.45, 2.75) is 6.92 Å². The van der Waals surface area contributed by atoms with Crippen molar-refractivity contribution in [3.63, 3.8) is 0 Å². The summed E-state index contributed by atoms with van der Waals surface area (Å²) in [5.74, 6) is -0.588. The van der Waals surface area contributed by atoms with Gasteiger partial charge in [-0.25, -0.2) is 4.79 Å². The summed E-state index contributed by atoms with van der Waals surface area (Å²) in [6.07, 6.45) is 0. The molecule has 3 nitrogen and oxygen atoms in total. The van der Waals surface area contributed by atoms with Gasteiger partial charge in [-0.15, -0.1) is 17.7 Å². The maximum absolute atomic E-state index is 10.2. The molecular formula is C9H8ClO3V2-. The summed E-state index contributed by atoms with van der Waals surface area (Å²) in [6, 6.07) is 5.97. The van der Waals surface area contributed by atoms with Gasteiger partial charge in [-0.3, -0.25) is 0 Å². The second-order valence-electron chi connectivity index (χ2n) is 2.51. The van der Waals surface area contributed by atoms with Crippen LogP contribution in [0.25, 0.3) is 0 Å². The molecule has 0 fully saturated rings. The van der Waals surface area contributed by atoms with Crippen molar-refractivity contribution in [1.82, 2.24) is 0 Å². The van der Waals surface area contributed by atoms with E-state index in [4.69, 9.17) is 21.4 Å². The number of carboxylic acid groups (broad SMARTS) is 1.